The highest BCUT2D eigenvalue weighted by molar-refractivity contribution is 8.00. The second kappa shape index (κ2) is 7.15. The number of anilines is 1. The number of halogens is 1. The lowest BCUT2D eigenvalue weighted by Crippen LogP contribution is -2.27. The lowest BCUT2D eigenvalue weighted by molar-refractivity contribution is -0.120. The van der Waals surface area contributed by atoms with Gasteiger partial charge in [-0.2, -0.15) is 0 Å². The van der Waals surface area contributed by atoms with Crippen LogP contribution in [0.3, 0.4) is 0 Å². The third-order valence-corrected chi connectivity index (χ3v) is 4.96. The molecular weight excluding hydrogens is 348 g/mol. The maximum Gasteiger partial charge on any atom is 0.255 e. The second-order valence-electron chi connectivity index (χ2n) is 5.23. The van der Waals surface area contributed by atoms with E-state index in [4.69, 9.17) is 22.1 Å². The second-order valence-corrected chi connectivity index (χ2v) is 6.74. The Hall–Kier alpha value is -2.18. The first-order chi connectivity index (χ1) is 11.5. The smallest absolute Gasteiger partial charge is 0.255 e. The average Bonchev–Trinajstić information content (AvgIpc) is 2.96. The van der Waals surface area contributed by atoms with E-state index in [1.54, 1.807) is 34.9 Å². The Balaban J connectivity index is 1.87. The van der Waals surface area contributed by atoms with Gasteiger partial charge in [-0.25, -0.2) is 0 Å². The molecule has 3 rings (SSSR count). The predicted octanol–water partition coefficient (Wildman–Crippen LogP) is 2.98. The fourth-order valence-electron chi connectivity index (χ4n) is 2.46. The molecule has 2 aromatic rings. The van der Waals surface area contributed by atoms with E-state index in [9.17, 15) is 9.59 Å². The Morgan fingerprint density at radius 1 is 1.29 bits per heavy atom. The van der Waals surface area contributed by atoms with Crippen LogP contribution in [0.4, 0.5) is 5.69 Å². The van der Waals surface area contributed by atoms with E-state index in [0.717, 1.165) is 11.3 Å². The Kier molecular flexibility index (Phi) is 4.97. The van der Waals surface area contributed by atoms with Gasteiger partial charge in [0.15, 0.2) is 6.61 Å². The van der Waals surface area contributed by atoms with Crippen LogP contribution in [-0.4, -0.2) is 24.2 Å². The van der Waals surface area contributed by atoms with E-state index in [1.165, 1.54) is 0 Å². The molecule has 7 heteroatoms. The summed E-state index contributed by atoms with van der Waals surface area (Å²) in [6, 6.07) is 14.5. The Morgan fingerprint density at radius 3 is 2.75 bits per heavy atom. The lowest BCUT2D eigenvalue weighted by atomic mass is 10.1. The third-order valence-electron chi connectivity index (χ3n) is 3.50. The Morgan fingerprint density at radius 2 is 2.04 bits per heavy atom. The first-order valence-corrected chi connectivity index (χ1v) is 8.67. The van der Waals surface area contributed by atoms with Crippen molar-refractivity contribution in [2.45, 2.75) is 5.37 Å². The van der Waals surface area contributed by atoms with Gasteiger partial charge in [-0.1, -0.05) is 23.7 Å². The maximum absolute atomic E-state index is 12.3. The van der Waals surface area contributed by atoms with Crippen LogP contribution in [-0.2, 0) is 9.59 Å². The molecule has 2 aromatic carbocycles. The van der Waals surface area contributed by atoms with Crippen molar-refractivity contribution < 1.29 is 14.3 Å². The molecule has 2 N–H and O–H groups in total. The molecule has 124 valence electrons. The van der Waals surface area contributed by atoms with E-state index >= 15 is 0 Å². The monoisotopic (exact) mass is 362 g/mol. The van der Waals surface area contributed by atoms with Crippen molar-refractivity contribution in [2.24, 2.45) is 5.73 Å². The summed E-state index contributed by atoms with van der Waals surface area (Å²) < 4.78 is 5.35. The zero-order chi connectivity index (χ0) is 17.1. The molecule has 1 fully saturated rings. The molecule has 1 saturated heterocycles. The number of nitrogens with zero attached hydrogens (tertiary/aromatic N) is 1. The molecule has 1 aliphatic rings. The van der Waals surface area contributed by atoms with Gasteiger partial charge in [0.1, 0.15) is 11.1 Å². The van der Waals surface area contributed by atoms with Crippen LogP contribution in [0.25, 0.3) is 0 Å². The van der Waals surface area contributed by atoms with Gasteiger partial charge < -0.3 is 10.5 Å². The number of rotatable bonds is 5. The summed E-state index contributed by atoms with van der Waals surface area (Å²) in [5, 5.41) is 0.465. The Bertz CT molecular complexity index is 767. The summed E-state index contributed by atoms with van der Waals surface area (Å²) in [6.45, 7) is -0.179. The van der Waals surface area contributed by atoms with Crippen LogP contribution >= 0.6 is 23.4 Å². The number of primary amides is 1. The van der Waals surface area contributed by atoms with Crippen LogP contribution in [0.15, 0.2) is 48.5 Å². The lowest BCUT2D eigenvalue weighted by Gasteiger charge is -2.24. The molecule has 0 aromatic heterocycles. The van der Waals surface area contributed by atoms with E-state index in [-0.39, 0.29) is 17.9 Å². The number of carbonyl (C=O) groups excluding carboxylic acids is 2. The minimum Gasteiger partial charge on any atom is -0.484 e. The predicted molar refractivity (Wildman–Crippen MR) is 95.3 cm³/mol. The van der Waals surface area contributed by atoms with E-state index in [0.29, 0.717) is 16.5 Å². The van der Waals surface area contributed by atoms with Crippen LogP contribution < -0.4 is 15.4 Å². The number of amides is 2. The number of ether oxygens (including phenoxy) is 1. The van der Waals surface area contributed by atoms with Crippen LogP contribution in [0.5, 0.6) is 5.75 Å². The molecule has 0 radical (unpaired) electrons. The number of hydrogen-bond acceptors (Lipinski definition) is 4. The Labute approximate surface area is 148 Å². The van der Waals surface area contributed by atoms with Crippen molar-refractivity contribution in [1.82, 2.24) is 0 Å². The van der Waals surface area contributed by atoms with Crippen LogP contribution in [0, 0.1) is 0 Å². The van der Waals surface area contributed by atoms with Crippen molar-refractivity contribution >= 4 is 40.9 Å². The van der Waals surface area contributed by atoms with E-state index in [2.05, 4.69) is 0 Å². The minimum atomic E-state index is -0.534. The average molecular weight is 363 g/mol. The van der Waals surface area contributed by atoms with Gasteiger partial charge >= 0.3 is 0 Å². The SMILES string of the molecule is NC(=O)COc1cccc([C@@H]2SCC(=O)N2c2ccc(Cl)cc2)c1. The van der Waals surface area contributed by atoms with Crippen molar-refractivity contribution in [3.8, 4) is 5.75 Å². The van der Waals surface area contributed by atoms with Crippen molar-refractivity contribution in [1.29, 1.82) is 0 Å². The maximum atomic E-state index is 12.3. The summed E-state index contributed by atoms with van der Waals surface area (Å²) in [7, 11) is 0. The third kappa shape index (κ3) is 3.66. The first-order valence-electron chi connectivity index (χ1n) is 7.25. The zero-order valence-corrected chi connectivity index (χ0v) is 14.2. The highest BCUT2D eigenvalue weighted by Crippen LogP contribution is 2.42. The summed E-state index contributed by atoms with van der Waals surface area (Å²) in [6.07, 6.45) is 0. The fraction of sp³-hybridized carbons (Fsp3) is 0.176. The normalized spacial score (nSPS) is 17.1. The molecule has 0 unspecified atom stereocenters. The molecule has 24 heavy (non-hydrogen) atoms. The van der Waals surface area contributed by atoms with Gasteiger partial charge in [-0.15, -0.1) is 11.8 Å². The van der Waals surface area contributed by atoms with E-state index < -0.39 is 5.91 Å². The zero-order valence-electron chi connectivity index (χ0n) is 12.6. The van der Waals surface area contributed by atoms with Crippen molar-refractivity contribution in [3.63, 3.8) is 0 Å². The van der Waals surface area contributed by atoms with E-state index in [1.807, 2.05) is 30.3 Å². The summed E-state index contributed by atoms with van der Waals surface area (Å²) >= 11 is 7.47. The van der Waals surface area contributed by atoms with Gasteiger partial charge in [0, 0.05) is 10.7 Å². The number of nitrogens with two attached hydrogens (primary N) is 1. The number of hydrogen-bond donors (Lipinski definition) is 1. The number of carbonyl (C=O) groups is 2. The highest BCUT2D eigenvalue weighted by atomic mass is 35.5. The molecule has 0 spiro atoms. The highest BCUT2D eigenvalue weighted by Gasteiger charge is 2.34. The first kappa shape index (κ1) is 16.7. The summed E-state index contributed by atoms with van der Waals surface area (Å²) in [5.41, 5.74) is 6.81. The van der Waals surface area contributed by atoms with Crippen LogP contribution in [0.2, 0.25) is 5.02 Å². The molecule has 2 amide bonds. The molecule has 1 atom stereocenters. The molecular formula is C17H15ClN2O3S. The molecule has 1 aliphatic heterocycles. The topological polar surface area (TPSA) is 72.6 Å². The van der Waals surface area contributed by atoms with Crippen molar-refractivity contribution in [3.05, 3.63) is 59.1 Å². The number of benzene rings is 2. The van der Waals surface area contributed by atoms with Gasteiger partial charge in [-0.05, 0) is 42.0 Å². The largest absolute Gasteiger partial charge is 0.484 e. The number of thioether (sulfide) groups is 1. The molecule has 1 heterocycles. The van der Waals surface area contributed by atoms with Gasteiger partial charge in [0.05, 0.1) is 5.75 Å². The summed E-state index contributed by atoms with van der Waals surface area (Å²) in [4.78, 5) is 24.9. The molecule has 0 bridgehead atoms. The molecule has 0 aliphatic carbocycles. The fourth-order valence-corrected chi connectivity index (χ4v) is 3.76. The quantitative estimate of drug-likeness (QED) is 0.887. The molecule has 5 nitrogen and oxygen atoms in total. The van der Waals surface area contributed by atoms with Gasteiger partial charge in [0.25, 0.3) is 5.91 Å². The van der Waals surface area contributed by atoms with Crippen molar-refractivity contribution in [2.75, 3.05) is 17.3 Å². The van der Waals surface area contributed by atoms with Crippen LogP contribution in [0.1, 0.15) is 10.9 Å². The van der Waals surface area contributed by atoms with Gasteiger partial charge in [-0.3, -0.25) is 14.5 Å². The standard InChI is InChI=1S/C17H15ClN2O3S/c18-12-4-6-13(7-5-12)20-16(22)10-24-17(20)11-2-1-3-14(8-11)23-9-15(19)21/h1-8,17H,9-10H2,(H2,19,21)/t17-/m0/s1. The minimum absolute atomic E-state index is 0.0378. The molecule has 0 saturated carbocycles. The van der Waals surface area contributed by atoms with Gasteiger partial charge in [0.2, 0.25) is 5.91 Å². The summed E-state index contributed by atoms with van der Waals surface area (Å²) in [5.74, 6) is 0.450.